The number of nitrogens with one attached hydrogen (secondary N) is 3. The van der Waals surface area contributed by atoms with E-state index < -0.39 is 22.3 Å². The van der Waals surface area contributed by atoms with Gasteiger partial charge in [0, 0.05) is 37.9 Å². The van der Waals surface area contributed by atoms with Crippen LogP contribution in [0, 0.1) is 10.8 Å². The Morgan fingerprint density at radius 3 is 2.37 bits per heavy atom. The Morgan fingerprint density at radius 2 is 1.72 bits per heavy atom. The third-order valence-electron chi connectivity index (χ3n) is 7.51. The van der Waals surface area contributed by atoms with Crippen molar-refractivity contribution in [1.29, 1.82) is 10.8 Å². The Morgan fingerprint density at radius 1 is 1.02 bits per heavy atom. The molecule has 0 aromatic heterocycles. The lowest BCUT2D eigenvalue weighted by Crippen LogP contribution is -2.44. The Hall–Kier alpha value is -3.74. The number of benzene rings is 3. The first-order valence-corrected chi connectivity index (χ1v) is 15.0. The van der Waals surface area contributed by atoms with Crippen molar-refractivity contribution in [3.63, 3.8) is 0 Å². The molecule has 2 aliphatic heterocycles. The van der Waals surface area contributed by atoms with Crippen molar-refractivity contribution in [3.05, 3.63) is 71.3 Å². The summed E-state index contributed by atoms with van der Waals surface area (Å²) in [5.41, 5.74) is 8.21. The Bertz CT molecular complexity index is 1630. The molecule has 232 valence electrons. The Labute approximate surface area is 263 Å². The summed E-state index contributed by atoms with van der Waals surface area (Å²) >= 11 is 0. The van der Waals surface area contributed by atoms with Gasteiger partial charge < -0.3 is 20.1 Å². The SMILES string of the molecule is CCOC(=O)NS(=O)(=O)N1c2ccc(OC3CCN(C(C)=N)CC3)cc2CC1c1ccc2ccc(C(=N)N)cc2c1.Cl.Cl. The van der Waals surface area contributed by atoms with Crippen molar-refractivity contribution < 1.29 is 22.7 Å². The maximum atomic E-state index is 13.6. The smallest absolute Gasteiger partial charge is 0.422 e. The number of likely N-dealkylation sites (tertiary alicyclic amines) is 1. The van der Waals surface area contributed by atoms with Gasteiger partial charge in [0.2, 0.25) is 0 Å². The minimum Gasteiger partial charge on any atom is -0.490 e. The zero-order valence-corrected chi connectivity index (χ0v) is 26.3. The van der Waals surface area contributed by atoms with E-state index in [1.807, 2.05) is 40.0 Å². The highest BCUT2D eigenvalue weighted by Gasteiger charge is 2.40. The number of nitrogens with zero attached hydrogens (tertiary/aromatic N) is 2. The summed E-state index contributed by atoms with van der Waals surface area (Å²) in [6, 6.07) is 15.8. The van der Waals surface area contributed by atoms with E-state index in [0.717, 1.165) is 47.8 Å². The maximum Gasteiger partial charge on any atom is 0.422 e. The van der Waals surface area contributed by atoms with Gasteiger partial charge in [-0.1, -0.05) is 24.3 Å². The normalized spacial score (nSPS) is 16.5. The molecule has 43 heavy (non-hydrogen) atoms. The molecule has 1 unspecified atom stereocenters. The number of amides is 1. The van der Waals surface area contributed by atoms with E-state index in [1.165, 1.54) is 4.31 Å². The highest BCUT2D eigenvalue weighted by atomic mass is 35.5. The van der Waals surface area contributed by atoms with Gasteiger partial charge in [-0.15, -0.1) is 24.8 Å². The lowest BCUT2D eigenvalue weighted by Gasteiger charge is -2.33. The number of hydrogen-bond acceptors (Lipinski definition) is 7. The number of fused-ring (bicyclic) bond motifs is 2. The van der Waals surface area contributed by atoms with Crippen LogP contribution in [-0.4, -0.2) is 56.9 Å². The van der Waals surface area contributed by atoms with Gasteiger partial charge in [-0.25, -0.2) is 13.8 Å². The molecule has 11 nitrogen and oxygen atoms in total. The monoisotopic (exact) mass is 650 g/mol. The van der Waals surface area contributed by atoms with Gasteiger partial charge in [0.25, 0.3) is 0 Å². The highest BCUT2D eigenvalue weighted by Crippen LogP contribution is 2.44. The number of nitrogens with two attached hydrogens (primary N) is 1. The largest absolute Gasteiger partial charge is 0.490 e. The predicted molar refractivity (Wildman–Crippen MR) is 173 cm³/mol. The van der Waals surface area contributed by atoms with Crippen LogP contribution in [-0.2, 0) is 21.4 Å². The van der Waals surface area contributed by atoms with Crippen molar-refractivity contribution in [2.75, 3.05) is 24.0 Å². The minimum atomic E-state index is -4.33. The molecule has 3 aromatic carbocycles. The van der Waals surface area contributed by atoms with Crippen LogP contribution in [0.5, 0.6) is 5.75 Å². The van der Waals surface area contributed by atoms with Gasteiger partial charge in [-0.2, -0.15) is 8.42 Å². The average Bonchev–Trinajstić information content (AvgIpc) is 3.32. The molecule has 5 rings (SSSR count). The summed E-state index contributed by atoms with van der Waals surface area (Å²) in [7, 11) is -4.33. The molecule has 14 heteroatoms. The molecule has 3 aromatic rings. The van der Waals surface area contributed by atoms with E-state index in [4.69, 9.17) is 26.0 Å². The van der Waals surface area contributed by atoms with Crippen LogP contribution in [0.1, 0.15) is 49.4 Å². The van der Waals surface area contributed by atoms with Crippen LogP contribution in [0.3, 0.4) is 0 Å². The second kappa shape index (κ2) is 13.7. The molecular formula is C29H36Cl2N6O5S. The molecule has 0 spiro atoms. The third kappa shape index (κ3) is 7.26. The van der Waals surface area contributed by atoms with Gasteiger partial charge in [-0.3, -0.25) is 10.8 Å². The fraction of sp³-hybridized carbons (Fsp3) is 0.345. The van der Waals surface area contributed by atoms with E-state index in [2.05, 4.69) is 0 Å². The van der Waals surface area contributed by atoms with Crippen molar-refractivity contribution in [3.8, 4) is 5.75 Å². The molecule has 0 radical (unpaired) electrons. The van der Waals surface area contributed by atoms with Gasteiger partial charge in [0.05, 0.1) is 24.2 Å². The Kier molecular flexibility index (Phi) is 10.8. The number of anilines is 1. The first-order chi connectivity index (χ1) is 19.6. The van der Waals surface area contributed by atoms with Crippen molar-refractivity contribution >= 4 is 69.2 Å². The quantitative estimate of drug-likeness (QED) is 0.209. The van der Waals surface area contributed by atoms with E-state index in [9.17, 15) is 13.2 Å². The van der Waals surface area contributed by atoms with Gasteiger partial charge >= 0.3 is 16.3 Å². The number of piperidine rings is 1. The zero-order chi connectivity index (χ0) is 29.3. The van der Waals surface area contributed by atoms with E-state index in [0.29, 0.717) is 29.3 Å². The van der Waals surface area contributed by atoms with Crippen LogP contribution in [0.15, 0.2) is 54.6 Å². The lowest BCUT2D eigenvalue weighted by atomic mass is 9.98. The second-order valence-corrected chi connectivity index (χ2v) is 11.8. The molecule has 1 saturated heterocycles. The number of hydrogen-bond donors (Lipinski definition) is 4. The highest BCUT2D eigenvalue weighted by molar-refractivity contribution is 7.91. The fourth-order valence-corrected chi connectivity index (χ4v) is 6.82. The van der Waals surface area contributed by atoms with E-state index >= 15 is 0 Å². The number of carbonyl (C=O) groups is 1. The van der Waals surface area contributed by atoms with Gasteiger partial charge in [0.15, 0.2) is 0 Å². The van der Waals surface area contributed by atoms with Gasteiger partial charge in [0.1, 0.15) is 17.7 Å². The molecule has 0 bridgehead atoms. The van der Waals surface area contributed by atoms with E-state index in [1.54, 1.807) is 38.1 Å². The summed E-state index contributed by atoms with van der Waals surface area (Å²) in [6.07, 6.45) is 0.899. The number of carbonyl (C=O) groups excluding carboxylic acids is 1. The number of nitrogen functional groups attached to an aromatic ring is 1. The van der Waals surface area contributed by atoms with Crippen LogP contribution in [0.25, 0.3) is 10.8 Å². The number of amidine groups is 2. The molecule has 1 fully saturated rings. The topological polar surface area (TPSA) is 162 Å². The minimum absolute atomic E-state index is 0. The molecule has 1 atom stereocenters. The number of halogens is 2. The lowest BCUT2D eigenvalue weighted by molar-refractivity contribution is 0.130. The summed E-state index contributed by atoms with van der Waals surface area (Å²) in [6.45, 7) is 4.93. The van der Waals surface area contributed by atoms with Crippen LogP contribution >= 0.6 is 24.8 Å². The molecular weight excluding hydrogens is 615 g/mol. The van der Waals surface area contributed by atoms with Gasteiger partial charge in [-0.05, 0) is 66.1 Å². The maximum absolute atomic E-state index is 13.6. The first kappa shape index (κ1) is 33.8. The summed E-state index contributed by atoms with van der Waals surface area (Å²) in [5.74, 6) is 1.14. The predicted octanol–water partition coefficient (Wildman–Crippen LogP) is 4.90. The van der Waals surface area contributed by atoms with Crippen molar-refractivity contribution in [2.24, 2.45) is 5.73 Å². The van der Waals surface area contributed by atoms with Crippen LogP contribution in [0.2, 0.25) is 0 Å². The standard InChI is InChI=1S/C29H34N6O5S.2ClH/c1-3-39-29(36)33-41(37,38)35-26-9-8-25(40-24-10-12-34(13-11-24)18(2)30)16-23(26)17-27(35)20-6-4-19-5-7-21(28(31)32)15-22(19)14-20;;/h4-9,14-16,24,27,30H,3,10-13,17H2,1-2H3,(H3,31,32)(H,33,36);2*1H. The van der Waals surface area contributed by atoms with Crippen molar-refractivity contribution in [2.45, 2.75) is 45.3 Å². The molecule has 2 heterocycles. The van der Waals surface area contributed by atoms with Crippen molar-refractivity contribution in [1.82, 2.24) is 9.62 Å². The Balaban J connectivity index is 0.00000253. The fourth-order valence-electron chi connectivity index (χ4n) is 5.48. The second-order valence-electron chi connectivity index (χ2n) is 10.3. The molecule has 2 aliphatic rings. The summed E-state index contributed by atoms with van der Waals surface area (Å²) in [5, 5.41) is 17.4. The molecule has 0 saturated carbocycles. The summed E-state index contributed by atoms with van der Waals surface area (Å²) < 4.78 is 41.5. The molecule has 0 aliphatic carbocycles. The first-order valence-electron chi connectivity index (χ1n) is 13.5. The number of rotatable bonds is 7. The summed E-state index contributed by atoms with van der Waals surface area (Å²) in [4.78, 5) is 14.2. The van der Waals surface area contributed by atoms with E-state index in [-0.39, 0.29) is 43.4 Å². The molecule has 5 N–H and O–H groups in total. The number of ether oxygens (including phenoxy) is 2. The zero-order valence-electron chi connectivity index (χ0n) is 23.8. The van der Waals surface area contributed by atoms with Crippen LogP contribution in [0.4, 0.5) is 10.5 Å². The van der Waals surface area contributed by atoms with Crippen LogP contribution < -0.4 is 19.5 Å². The molecule has 1 amide bonds. The third-order valence-corrected chi connectivity index (χ3v) is 8.90. The average molecular weight is 652 g/mol.